The van der Waals surface area contributed by atoms with Crippen molar-refractivity contribution in [2.75, 3.05) is 18.5 Å². The van der Waals surface area contributed by atoms with Gasteiger partial charge in [0.1, 0.15) is 11.5 Å². The van der Waals surface area contributed by atoms with E-state index in [2.05, 4.69) is 5.32 Å². The summed E-state index contributed by atoms with van der Waals surface area (Å²) in [4.78, 5) is 20.8. The van der Waals surface area contributed by atoms with Crippen molar-refractivity contribution < 1.29 is 23.2 Å². The number of carbonyl (C=O) groups is 1. The van der Waals surface area contributed by atoms with Crippen molar-refractivity contribution in [1.82, 2.24) is 0 Å². The van der Waals surface area contributed by atoms with E-state index >= 15 is 0 Å². The summed E-state index contributed by atoms with van der Waals surface area (Å²) in [6, 6.07) is 1.29. The first-order valence-electron chi connectivity index (χ1n) is 5.98. The Kier molecular flexibility index (Phi) is 5.82. The van der Waals surface area contributed by atoms with E-state index in [0.717, 1.165) is 6.07 Å². The molecule has 0 radical (unpaired) electrons. The van der Waals surface area contributed by atoms with Gasteiger partial charge in [-0.3, -0.25) is 14.9 Å². The molecule has 110 valence electrons. The van der Waals surface area contributed by atoms with E-state index in [9.17, 15) is 23.7 Å². The van der Waals surface area contributed by atoms with Gasteiger partial charge in [0, 0.05) is 25.1 Å². The summed E-state index contributed by atoms with van der Waals surface area (Å²) >= 11 is 0. The normalized spacial score (nSPS) is 10.2. The van der Waals surface area contributed by atoms with Crippen LogP contribution in [0.4, 0.5) is 20.2 Å². The number of ether oxygens (including phenoxy) is 1. The van der Waals surface area contributed by atoms with E-state index in [1.54, 1.807) is 6.92 Å². The Labute approximate surface area is 113 Å². The monoisotopic (exact) mass is 288 g/mol. The molecule has 0 saturated heterocycles. The van der Waals surface area contributed by atoms with Gasteiger partial charge in [0.2, 0.25) is 5.82 Å². The van der Waals surface area contributed by atoms with Gasteiger partial charge in [-0.25, -0.2) is 4.39 Å². The lowest BCUT2D eigenvalue weighted by molar-refractivity contribution is -0.386. The standard InChI is InChI=1S/C12H14F2N2O4/c1-2-20-11(17)4-3-5-15-10-7-8(13)6-9(14)12(10)16(18)19/h6-7,15H,2-5H2,1H3. The largest absolute Gasteiger partial charge is 0.466 e. The lowest BCUT2D eigenvalue weighted by atomic mass is 10.2. The number of halogens is 2. The van der Waals surface area contributed by atoms with Crippen LogP contribution in [0, 0.1) is 21.7 Å². The third-order valence-electron chi connectivity index (χ3n) is 2.39. The summed E-state index contributed by atoms with van der Waals surface area (Å²) in [7, 11) is 0. The van der Waals surface area contributed by atoms with E-state index in [1.807, 2.05) is 0 Å². The lowest BCUT2D eigenvalue weighted by Gasteiger charge is -2.07. The molecule has 1 aromatic rings. The van der Waals surface area contributed by atoms with Crippen LogP contribution in [0.5, 0.6) is 0 Å². The summed E-state index contributed by atoms with van der Waals surface area (Å²) in [5, 5.41) is 13.3. The van der Waals surface area contributed by atoms with Crippen molar-refractivity contribution in [3.63, 3.8) is 0 Å². The molecule has 0 heterocycles. The van der Waals surface area contributed by atoms with E-state index in [0.29, 0.717) is 12.5 Å². The molecule has 0 spiro atoms. The zero-order valence-electron chi connectivity index (χ0n) is 10.8. The molecule has 0 amide bonds. The van der Waals surface area contributed by atoms with Crippen molar-refractivity contribution >= 4 is 17.3 Å². The van der Waals surface area contributed by atoms with Crippen molar-refractivity contribution in [3.05, 3.63) is 33.9 Å². The van der Waals surface area contributed by atoms with E-state index < -0.39 is 28.2 Å². The van der Waals surface area contributed by atoms with E-state index in [-0.39, 0.29) is 25.3 Å². The molecule has 1 N–H and O–H groups in total. The Morgan fingerprint density at radius 3 is 2.75 bits per heavy atom. The fraction of sp³-hybridized carbons (Fsp3) is 0.417. The number of nitrogens with one attached hydrogen (secondary N) is 1. The first kappa shape index (κ1) is 15.8. The Morgan fingerprint density at radius 1 is 1.45 bits per heavy atom. The summed E-state index contributed by atoms with van der Waals surface area (Å²) in [6.07, 6.45) is 0.445. The maximum absolute atomic E-state index is 13.3. The topological polar surface area (TPSA) is 81.5 Å². The molecule has 0 saturated carbocycles. The van der Waals surface area contributed by atoms with Gasteiger partial charge in [-0.05, 0) is 13.3 Å². The van der Waals surface area contributed by atoms with Crippen LogP contribution in [0.15, 0.2) is 12.1 Å². The van der Waals surface area contributed by atoms with Crippen LogP contribution in [0.25, 0.3) is 0 Å². The Balaban J connectivity index is 2.64. The SMILES string of the molecule is CCOC(=O)CCCNc1cc(F)cc(F)c1[N+](=O)[O-]. The van der Waals surface area contributed by atoms with Crippen LogP contribution in [-0.4, -0.2) is 24.0 Å². The fourth-order valence-electron chi connectivity index (χ4n) is 1.58. The molecular formula is C12H14F2N2O4. The van der Waals surface area contributed by atoms with Gasteiger partial charge in [-0.15, -0.1) is 0 Å². The van der Waals surface area contributed by atoms with Gasteiger partial charge in [0.15, 0.2) is 0 Å². The summed E-state index contributed by atoms with van der Waals surface area (Å²) < 4.78 is 31.0. The summed E-state index contributed by atoms with van der Waals surface area (Å²) in [5.41, 5.74) is -1.07. The lowest BCUT2D eigenvalue weighted by Crippen LogP contribution is -2.10. The predicted molar refractivity (Wildman–Crippen MR) is 67.4 cm³/mol. The number of carbonyl (C=O) groups excluding carboxylic acids is 1. The number of benzene rings is 1. The third kappa shape index (κ3) is 4.45. The molecule has 8 heteroatoms. The Hall–Kier alpha value is -2.25. The number of rotatable bonds is 7. The highest BCUT2D eigenvalue weighted by Crippen LogP contribution is 2.28. The maximum atomic E-state index is 13.3. The summed E-state index contributed by atoms with van der Waals surface area (Å²) in [6.45, 7) is 2.10. The molecule has 1 rings (SSSR count). The van der Waals surface area contributed by atoms with Gasteiger partial charge in [-0.2, -0.15) is 4.39 Å². The van der Waals surface area contributed by atoms with Crippen LogP contribution in [-0.2, 0) is 9.53 Å². The molecule has 0 bridgehead atoms. The molecule has 20 heavy (non-hydrogen) atoms. The molecule has 1 aromatic carbocycles. The summed E-state index contributed by atoms with van der Waals surface area (Å²) in [5.74, 6) is -2.56. The van der Waals surface area contributed by atoms with Gasteiger partial charge in [0.05, 0.1) is 11.5 Å². The smallest absolute Gasteiger partial charge is 0.327 e. The van der Waals surface area contributed by atoms with Crippen LogP contribution >= 0.6 is 0 Å². The maximum Gasteiger partial charge on any atom is 0.327 e. The Bertz CT molecular complexity index is 508. The molecule has 0 aliphatic heterocycles. The van der Waals surface area contributed by atoms with E-state index in [4.69, 9.17) is 4.74 Å². The predicted octanol–water partition coefficient (Wildman–Crippen LogP) is 2.63. The number of nitro benzene ring substituents is 1. The molecule has 0 aliphatic carbocycles. The quantitative estimate of drug-likeness (QED) is 0.361. The number of nitrogens with zero attached hydrogens (tertiary/aromatic N) is 1. The highest BCUT2D eigenvalue weighted by Gasteiger charge is 2.21. The van der Waals surface area contributed by atoms with Gasteiger partial charge >= 0.3 is 11.7 Å². The fourth-order valence-corrected chi connectivity index (χ4v) is 1.58. The van der Waals surface area contributed by atoms with Crippen LogP contribution in [0.2, 0.25) is 0 Å². The van der Waals surface area contributed by atoms with Gasteiger partial charge in [0.25, 0.3) is 0 Å². The highest BCUT2D eigenvalue weighted by atomic mass is 19.1. The van der Waals surface area contributed by atoms with Gasteiger partial charge in [-0.1, -0.05) is 0 Å². The van der Waals surface area contributed by atoms with Crippen LogP contribution < -0.4 is 5.32 Å². The Morgan fingerprint density at radius 2 is 2.15 bits per heavy atom. The second-order valence-corrected chi connectivity index (χ2v) is 3.88. The van der Waals surface area contributed by atoms with Crippen LogP contribution in [0.1, 0.15) is 19.8 Å². The number of anilines is 1. The molecule has 6 nitrogen and oxygen atoms in total. The molecule has 0 atom stereocenters. The number of esters is 1. The third-order valence-corrected chi connectivity index (χ3v) is 2.39. The highest BCUT2D eigenvalue weighted by molar-refractivity contribution is 5.69. The number of hydrogen-bond donors (Lipinski definition) is 1. The second-order valence-electron chi connectivity index (χ2n) is 3.88. The molecule has 0 aliphatic rings. The van der Waals surface area contributed by atoms with Crippen molar-refractivity contribution in [3.8, 4) is 0 Å². The number of hydrogen-bond acceptors (Lipinski definition) is 5. The first-order valence-corrected chi connectivity index (χ1v) is 5.98. The van der Waals surface area contributed by atoms with Crippen molar-refractivity contribution in [2.24, 2.45) is 0 Å². The zero-order valence-corrected chi connectivity index (χ0v) is 10.8. The average molecular weight is 288 g/mol. The minimum atomic E-state index is -1.25. The first-order chi connectivity index (χ1) is 9.45. The van der Waals surface area contributed by atoms with Crippen molar-refractivity contribution in [2.45, 2.75) is 19.8 Å². The van der Waals surface area contributed by atoms with E-state index in [1.165, 1.54) is 0 Å². The van der Waals surface area contributed by atoms with Gasteiger partial charge < -0.3 is 10.1 Å². The minimum Gasteiger partial charge on any atom is -0.466 e. The second kappa shape index (κ2) is 7.37. The molecule has 0 unspecified atom stereocenters. The minimum absolute atomic E-state index is 0.117. The van der Waals surface area contributed by atoms with Crippen LogP contribution in [0.3, 0.4) is 0 Å². The number of nitro groups is 1. The van der Waals surface area contributed by atoms with Crippen molar-refractivity contribution in [1.29, 1.82) is 0 Å². The average Bonchev–Trinajstić information content (AvgIpc) is 2.33. The molecular weight excluding hydrogens is 274 g/mol. The zero-order chi connectivity index (χ0) is 15.1. The molecule has 0 aromatic heterocycles. The molecule has 0 fully saturated rings.